The summed E-state index contributed by atoms with van der Waals surface area (Å²) in [4.78, 5) is 13.7. The standard InChI is InChI=1S/C14H19N3O2/c15-8-14(4-1-5-14)9-16-7-10-2-3-12-11(6-10)17-13(18)19-12/h2-3,6,16H,1,4-5,7-9,15H2,(H,17,18). The molecule has 1 saturated carbocycles. The van der Waals surface area contributed by atoms with Gasteiger partial charge in [-0.2, -0.15) is 0 Å². The minimum atomic E-state index is -0.406. The zero-order chi connectivity index (χ0) is 13.3. The molecule has 0 spiro atoms. The first-order valence-electron chi connectivity index (χ1n) is 6.73. The van der Waals surface area contributed by atoms with Gasteiger partial charge in [-0.25, -0.2) is 4.79 Å². The number of aromatic nitrogens is 1. The highest BCUT2D eigenvalue weighted by atomic mass is 16.4. The molecular formula is C14H19N3O2. The summed E-state index contributed by atoms with van der Waals surface area (Å²) in [6.45, 7) is 2.50. The molecule has 1 aliphatic rings. The maximum absolute atomic E-state index is 11.1. The van der Waals surface area contributed by atoms with Gasteiger partial charge in [0, 0.05) is 13.1 Å². The molecule has 0 unspecified atom stereocenters. The average Bonchev–Trinajstić information content (AvgIpc) is 2.72. The Morgan fingerprint density at radius 3 is 2.95 bits per heavy atom. The summed E-state index contributed by atoms with van der Waals surface area (Å²) in [5, 5.41) is 3.46. The van der Waals surface area contributed by atoms with Crippen molar-refractivity contribution < 1.29 is 4.42 Å². The lowest BCUT2D eigenvalue weighted by Crippen LogP contribution is -2.45. The average molecular weight is 261 g/mol. The van der Waals surface area contributed by atoms with Gasteiger partial charge in [-0.15, -0.1) is 0 Å². The summed E-state index contributed by atoms with van der Waals surface area (Å²) in [7, 11) is 0. The van der Waals surface area contributed by atoms with E-state index in [1.807, 2.05) is 18.2 Å². The second-order valence-electron chi connectivity index (χ2n) is 5.51. The molecule has 0 bridgehead atoms. The number of aromatic amines is 1. The van der Waals surface area contributed by atoms with E-state index < -0.39 is 5.76 Å². The molecule has 1 aromatic heterocycles. The predicted octanol–water partition coefficient (Wildman–Crippen LogP) is 1.34. The van der Waals surface area contributed by atoms with E-state index in [-0.39, 0.29) is 0 Å². The first-order chi connectivity index (χ1) is 9.21. The third kappa shape index (κ3) is 2.43. The molecule has 102 valence electrons. The predicted molar refractivity (Wildman–Crippen MR) is 73.9 cm³/mol. The molecule has 3 rings (SSSR count). The number of nitrogens with two attached hydrogens (primary N) is 1. The third-order valence-electron chi connectivity index (χ3n) is 4.16. The minimum Gasteiger partial charge on any atom is -0.408 e. The van der Waals surface area contributed by atoms with E-state index in [9.17, 15) is 4.79 Å². The Labute approximate surface area is 111 Å². The Morgan fingerprint density at radius 2 is 2.26 bits per heavy atom. The Morgan fingerprint density at radius 1 is 1.42 bits per heavy atom. The summed E-state index contributed by atoms with van der Waals surface area (Å²) in [6.07, 6.45) is 3.75. The Balaban J connectivity index is 1.63. The van der Waals surface area contributed by atoms with Gasteiger partial charge in [0.15, 0.2) is 5.58 Å². The van der Waals surface area contributed by atoms with Crippen molar-refractivity contribution in [1.82, 2.24) is 10.3 Å². The number of fused-ring (bicyclic) bond motifs is 1. The van der Waals surface area contributed by atoms with Crippen LogP contribution in [-0.2, 0) is 6.54 Å². The van der Waals surface area contributed by atoms with E-state index in [1.165, 1.54) is 19.3 Å². The van der Waals surface area contributed by atoms with Gasteiger partial charge in [-0.1, -0.05) is 12.5 Å². The molecule has 5 heteroatoms. The highest BCUT2D eigenvalue weighted by Gasteiger charge is 2.34. The molecule has 1 fully saturated rings. The molecule has 1 heterocycles. The maximum atomic E-state index is 11.1. The molecular weight excluding hydrogens is 242 g/mol. The van der Waals surface area contributed by atoms with Crippen molar-refractivity contribution in [3.8, 4) is 0 Å². The van der Waals surface area contributed by atoms with Gasteiger partial charge < -0.3 is 15.5 Å². The van der Waals surface area contributed by atoms with Gasteiger partial charge in [0.25, 0.3) is 0 Å². The highest BCUT2D eigenvalue weighted by Crippen LogP contribution is 2.39. The van der Waals surface area contributed by atoms with E-state index in [2.05, 4.69) is 10.3 Å². The van der Waals surface area contributed by atoms with E-state index >= 15 is 0 Å². The van der Waals surface area contributed by atoms with Gasteiger partial charge in [0.05, 0.1) is 5.52 Å². The summed E-state index contributed by atoms with van der Waals surface area (Å²) in [5.74, 6) is -0.406. The normalized spacial score (nSPS) is 17.5. The number of rotatable bonds is 5. The number of H-pyrrole nitrogens is 1. The highest BCUT2D eigenvalue weighted by molar-refractivity contribution is 5.72. The smallest absolute Gasteiger partial charge is 0.408 e. The van der Waals surface area contributed by atoms with Crippen molar-refractivity contribution >= 4 is 11.1 Å². The summed E-state index contributed by atoms with van der Waals surface area (Å²) in [5.41, 5.74) is 8.64. The van der Waals surface area contributed by atoms with E-state index in [4.69, 9.17) is 10.2 Å². The van der Waals surface area contributed by atoms with Crippen molar-refractivity contribution in [2.24, 2.45) is 11.1 Å². The van der Waals surface area contributed by atoms with Crippen LogP contribution in [0, 0.1) is 5.41 Å². The third-order valence-corrected chi connectivity index (χ3v) is 4.16. The lowest BCUT2D eigenvalue weighted by molar-refractivity contribution is 0.141. The number of hydrogen-bond acceptors (Lipinski definition) is 4. The first kappa shape index (κ1) is 12.4. The zero-order valence-corrected chi connectivity index (χ0v) is 10.9. The van der Waals surface area contributed by atoms with Gasteiger partial charge in [-0.05, 0) is 42.5 Å². The van der Waals surface area contributed by atoms with Gasteiger partial charge >= 0.3 is 5.76 Å². The molecule has 1 aromatic carbocycles. The summed E-state index contributed by atoms with van der Waals surface area (Å²) >= 11 is 0. The van der Waals surface area contributed by atoms with Crippen molar-refractivity contribution in [1.29, 1.82) is 0 Å². The molecule has 19 heavy (non-hydrogen) atoms. The molecule has 0 aliphatic heterocycles. The second-order valence-corrected chi connectivity index (χ2v) is 5.51. The van der Waals surface area contributed by atoms with Gasteiger partial charge in [0.2, 0.25) is 0 Å². The van der Waals surface area contributed by atoms with Crippen LogP contribution in [0.1, 0.15) is 24.8 Å². The Bertz CT molecular complexity index is 619. The first-order valence-corrected chi connectivity index (χ1v) is 6.73. The molecule has 0 saturated heterocycles. The van der Waals surface area contributed by atoms with E-state index in [1.54, 1.807) is 0 Å². The lowest BCUT2D eigenvalue weighted by atomic mass is 9.69. The van der Waals surface area contributed by atoms with Gasteiger partial charge in [-0.3, -0.25) is 4.98 Å². The summed E-state index contributed by atoms with van der Waals surface area (Å²) in [6, 6.07) is 5.75. The zero-order valence-electron chi connectivity index (χ0n) is 10.9. The topological polar surface area (TPSA) is 84.0 Å². The van der Waals surface area contributed by atoms with E-state index in [0.29, 0.717) is 11.0 Å². The number of benzene rings is 1. The van der Waals surface area contributed by atoms with Crippen LogP contribution in [-0.4, -0.2) is 18.1 Å². The summed E-state index contributed by atoms with van der Waals surface area (Å²) < 4.78 is 4.98. The van der Waals surface area contributed by atoms with Crippen molar-refractivity contribution in [3.63, 3.8) is 0 Å². The van der Waals surface area contributed by atoms with Crippen LogP contribution in [0.25, 0.3) is 11.1 Å². The minimum absolute atomic E-state index is 0.314. The van der Waals surface area contributed by atoms with Crippen LogP contribution >= 0.6 is 0 Å². The fourth-order valence-corrected chi connectivity index (χ4v) is 2.71. The van der Waals surface area contributed by atoms with Crippen LogP contribution in [0.3, 0.4) is 0 Å². The SMILES string of the molecule is NCC1(CNCc2ccc3oc(=O)[nH]c3c2)CCC1. The quantitative estimate of drug-likeness (QED) is 0.758. The van der Waals surface area contributed by atoms with Crippen LogP contribution in [0.15, 0.2) is 27.4 Å². The molecule has 2 aromatic rings. The van der Waals surface area contributed by atoms with Crippen LogP contribution in [0.4, 0.5) is 0 Å². The van der Waals surface area contributed by atoms with Crippen LogP contribution < -0.4 is 16.8 Å². The fraction of sp³-hybridized carbons (Fsp3) is 0.500. The Hall–Kier alpha value is -1.59. The molecule has 0 radical (unpaired) electrons. The fourth-order valence-electron chi connectivity index (χ4n) is 2.71. The molecule has 4 N–H and O–H groups in total. The van der Waals surface area contributed by atoms with Crippen molar-refractivity contribution in [3.05, 3.63) is 34.3 Å². The Kier molecular flexibility index (Phi) is 3.16. The second kappa shape index (κ2) is 4.83. The number of nitrogens with one attached hydrogen (secondary N) is 2. The van der Waals surface area contributed by atoms with Crippen LogP contribution in [0.2, 0.25) is 0 Å². The lowest BCUT2D eigenvalue weighted by Gasteiger charge is -2.41. The number of oxazole rings is 1. The molecule has 1 aliphatic carbocycles. The monoisotopic (exact) mass is 261 g/mol. The molecule has 5 nitrogen and oxygen atoms in total. The largest absolute Gasteiger partial charge is 0.417 e. The van der Waals surface area contributed by atoms with Gasteiger partial charge in [0.1, 0.15) is 0 Å². The molecule has 0 atom stereocenters. The maximum Gasteiger partial charge on any atom is 0.417 e. The van der Waals surface area contributed by atoms with E-state index in [0.717, 1.165) is 30.7 Å². The number of hydrogen-bond donors (Lipinski definition) is 3. The van der Waals surface area contributed by atoms with Crippen molar-refractivity contribution in [2.45, 2.75) is 25.8 Å². The molecule has 0 amide bonds. The van der Waals surface area contributed by atoms with Crippen LogP contribution in [0.5, 0.6) is 0 Å². The van der Waals surface area contributed by atoms with Crippen molar-refractivity contribution in [2.75, 3.05) is 13.1 Å².